The predicted octanol–water partition coefficient (Wildman–Crippen LogP) is 3.55. The van der Waals surface area contributed by atoms with E-state index in [1.165, 1.54) is 20.9 Å². The fraction of sp³-hybridized carbons (Fsp3) is 0.0769. The summed E-state index contributed by atoms with van der Waals surface area (Å²) in [6.45, 7) is 0.135. The third-order valence-electron chi connectivity index (χ3n) is 2.59. The van der Waals surface area contributed by atoms with Crippen molar-refractivity contribution in [1.82, 2.24) is 0 Å². The topological polar surface area (TPSA) is 20.2 Å². The van der Waals surface area contributed by atoms with E-state index in [-0.39, 0.29) is 6.61 Å². The van der Waals surface area contributed by atoms with Gasteiger partial charge in [0.15, 0.2) is 0 Å². The molecule has 0 bridgehead atoms. The molecule has 0 spiro atoms. The normalized spacial score (nSPS) is 11.3. The minimum Gasteiger partial charge on any atom is -0.391 e. The van der Waals surface area contributed by atoms with E-state index < -0.39 is 0 Å². The molecule has 0 amide bonds. The number of hydrogen-bond acceptors (Lipinski definition) is 2. The Bertz CT molecular complexity index is 572. The molecule has 2 aromatic carbocycles. The average molecular weight is 214 g/mol. The Morgan fingerprint density at radius 3 is 2.40 bits per heavy atom. The van der Waals surface area contributed by atoms with Crippen LogP contribution in [-0.4, -0.2) is 5.11 Å². The van der Waals surface area contributed by atoms with Crippen molar-refractivity contribution in [2.24, 2.45) is 0 Å². The first-order valence-electron chi connectivity index (χ1n) is 4.89. The van der Waals surface area contributed by atoms with Gasteiger partial charge in [0.2, 0.25) is 0 Å². The SMILES string of the molecule is OCc1cc2cc3ccccc3cc2s1. The highest BCUT2D eigenvalue weighted by molar-refractivity contribution is 7.19. The van der Waals surface area contributed by atoms with Gasteiger partial charge in [-0.1, -0.05) is 24.3 Å². The minimum absolute atomic E-state index is 0.135. The van der Waals surface area contributed by atoms with Gasteiger partial charge in [-0.15, -0.1) is 11.3 Å². The van der Waals surface area contributed by atoms with E-state index in [1.54, 1.807) is 11.3 Å². The van der Waals surface area contributed by atoms with Gasteiger partial charge in [-0.2, -0.15) is 0 Å². The molecule has 0 unspecified atom stereocenters. The molecular weight excluding hydrogens is 204 g/mol. The minimum atomic E-state index is 0.135. The first kappa shape index (κ1) is 8.89. The quantitative estimate of drug-likeness (QED) is 0.656. The van der Waals surface area contributed by atoms with Gasteiger partial charge in [-0.05, 0) is 34.4 Å². The summed E-state index contributed by atoms with van der Waals surface area (Å²) < 4.78 is 1.25. The molecule has 0 radical (unpaired) electrons. The fourth-order valence-electron chi connectivity index (χ4n) is 1.86. The van der Waals surface area contributed by atoms with E-state index in [1.807, 2.05) is 6.07 Å². The summed E-state index contributed by atoms with van der Waals surface area (Å²) >= 11 is 1.66. The average Bonchev–Trinajstić information content (AvgIpc) is 2.67. The molecule has 3 rings (SSSR count). The van der Waals surface area contributed by atoms with Crippen LogP contribution in [0.25, 0.3) is 20.9 Å². The van der Waals surface area contributed by atoms with Crippen LogP contribution in [0.15, 0.2) is 42.5 Å². The van der Waals surface area contributed by atoms with Crippen LogP contribution in [0.3, 0.4) is 0 Å². The van der Waals surface area contributed by atoms with Gasteiger partial charge in [0.1, 0.15) is 0 Å². The molecular formula is C13H10OS. The Kier molecular flexibility index (Phi) is 1.97. The maximum atomic E-state index is 9.09. The molecule has 3 aromatic rings. The van der Waals surface area contributed by atoms with Crippen molar-refractivity contribution in [2.75, 3.05) is 0 Å². The van der Waals surface area contributed by atoms with E-state index in [0.29, 0.717) is 0 Å². The van der Waals surface area contributed by atoms with Crippen molar-refractivity contribution in [1.29, 1.82) is 0 Å². The summed E-state index contributed by atoms with van der Waals surface area (Å²) in [7, 11) is 0. The lowest BCUT2D eigenvalue weighted by Crippen LogP contribution is -1.71. The first-order chi connectivity index (χ1) is 7.36. The van der Waals surface area contributed by atoms with Crippen molar-refractivity contribution < 1.29 is 5.11 Å². The molecule has 1 nitrogen and oxygen atoms in total. The Balaban J connectivity index is 2.39. The Hall–Kier alpha value is -1.38. The van der Waals surface area contributed by atoms with Crippen molar-refractivity contribution in [3.05, 3.63) is 47.3 Å². The molecule has 0 saturated carbocycles. The predicted molar refractivity (Wildman–Crippen MR) is 65.3 cm³/mol. The molecule has 0 aliphatic rings. The molecule has 0 fully saturated rings. The summed E-state index contributed by atoms with van der Waals surface area (Å²) in [6.07, 6.45) is 0. The van der Waals surface area contributed by atoms with Crippen LogP contribution in [0.2, 0.25) is 0 Å². The van der Waals surface area contributed by atoms with E-state index in [9.17, 15) is 0 Å². The highest BCUT2D eigenvalue weighted by Crippen LogP contribution is 2.29. The van der Waals surface area contributed by atoms with Crippen molar-refractivity contribution in [3.63, 3.8) is 0 Å². The van der Waals surface area contributed by atoms with Crippen LogP contribution in [-0.2, 0) is 6.61 Å². The van der Waals surface area contributed by atoms with Gasteiger partial charge in [0.25, 0.3) is 0 Å². The van der Waals surface area contributed by atoms with Gasteiger partial charge in [0, 0.05) is 9.58 Å². The van der Waals surface area contributed by atoms with Crippen LogP contribution >= 0.6 is 11.3 Å². The molecule has 15 heavy (non-hydrogen) atoms. The Morgan fingerprint density at radius 1 is 0.933 bits per heavy atom. The maximum absolute atomic E-state index is 9.09. The second-order valence-electron chi connectivity index (χ2n) is 3.61. The number of aliphatic hydroxyl groups excluding tert-OH is 1. The van der Waals surface area contributed by atoms with Gasteiger partial charge < -0.3 is 5.11 Å². The van der Waals surface area contributed by atoms with Crippen molar-refractivity contribution in [3.8, 4) is 0 Å². The number of aliphatic hydroxyl groups is 1. The van der Waals surface area contributed by atoms with E-state index in [2.05, 4.69) is 36.4 Å². The molecule has 74 valence electrons. The number of benzene rings is 2. The molecule has 0 saturated heterocycles. The molecule has 1 aromatic heterocycles. The third kappa shape index (κ3) is 1.42. The largest absolute Gasteiger partial charge is 0.391 e. The lowest BCUT2D eigenvalue weighted by molar-refractivity contribution is 0.285. The van der Waals surface area contributed by atoms with Crippen LogP contribution < -0.4 is 0 Å². The summed E-state index contributed by atoms with van der Waals surface area (Å²) in [5, 5.41) is 12.8. The van der Waals surface area contributed by atoms with Crippen LogP contribution in [0.4, 0.5) is 0 Å². The zero-order valence-corrected chi connectivity index (χ0v) is 8.92. The number of thiophene rings is 1. The number of rotatable bonds is 1. The van der Waals surface area contributed by atoms with Gasteiger partial charge in [-0.25, -0.2) is 0 Å². The van der Waals surface area contributed by atoms with Gasteiger partial charge >= 0.3 is 0 Å². The monoisotopic (exact) mass is 214 g/mol. The fourth-order valence-corrected chi connectivity index (χ4v) is 2.81. The summed E-state index contributed by atoms with van der Waals surface area (Å²) in [5.41, 5.74) is 0. The van der Waals surface area contributed by atoms with Crippen molar-refractivity contribution >= 4 is 32.2 Å². The van der Waals surface area contributed by atoms with E-state index in [4.69, 9.17) is 5.11 Å². The Morgan fingerprint density at radius 2 is 1.67 bits per heavy atom. The van der Waals surface area contributed by atoms with Gasteiger partial charge in [0.05, 0.1) is 6.61 Å². The van der Waals surface area contributed by atoms with Gasteiger partial charge in [-0.3, -0.25) is 0 Å². The second kappa shape index (κ2) is 3.33. The standard InChI is InChI=1S/C13H10OS/c14-8-12-6-11-5-9-3-1-2-4-10(9)7-13(11)15-12/h1-7,14H,8H2. The van der Waals surface area contributed by atoms with Crippen LogP contribution in [0.5, 0.6) is 0 Å². The molecule has 1 N–H and O–H groups in total. The summed E-state index contributed by atoms with van der Waals surface area (Å²) in [4.78, 5) is 1.03. The molecule has 0 aliphatic heterocycles. The molecule has 1 heterocycles. The summed E-state index contributed by atoms with van der Waals surface area (Å²) in [5.74, 6) is 0. The first-order valence-corrected chi connectivity index (χ1v) is 5.70. The van der Waals surface area contributed by atoms with E-state index >= 15 is 0 Å². The van der Waals surface area contributed by atoms with E-state index in [0.717, 1.165) is 4.88 Å². The van der Waals surface area contributed by atoms with Crippen LogP contribution in [0, 0.1) is 0 Å². The molecule has 2 heteroatoms. The number of fused-ring (bicyclic) bond motifs is 2. The Labute approximate surface area is 91.6 Å². The number of hydrogen-bond donors (Lipinski definition) is 1. The highest BCUT2D eigenvalue weighted by atomic mass is 32.1. The lowest BCUT2D eigenvalue weighted by atomic mass is 10.1. The summed E-state index contributed by atoms with van der Waals surface area (Å²) in [6, 6.07) is 14.8. The van der Waals surface area contributed by atoms with Crippen molar-refractivity contribution in [2.45, 2.75) is 6.61 Å². The highest BCUT2D eigenvalue weighted by Gasteiger charge is 2.02. The lowest BCUT2D eigenvalue weighted by Gasteiger charge is -1.96. The van der Waals surface area contributed by atoms with Crippen LogP contribution in [0.1, 0.15) is 4.88 Å². The zero-order chi connectivity index (χ0) is 10.3. The molecule has 0 aliphatic carbocycles. The third-order valence-corrected chi connectivity index (χ3v) is 3.67. The molecule has 0 atom stereocenters. The second-order valence-corrected chi connectivity index (χ2v) is 4.78. The zero-order valence-electron chi connectivity index (χ0n) is 8.10. The maximum Gasteiger partial charge on any atom is 0.0774 e. The smallest absolute Gasteiger partial charge is 0.0774 e.